The number of rotatable bonds is 5. The maximum Gasteiger partial charge on any atom is 0.341 e. The minimum Gasteiger partial charge on any atom is -0.477 e. The molecule has 0 saturated heterocycles. The molecule has 0 aliphatic rings. The highest BCUT2D eigenvalue weighted by atomic mass is 16.4. The molecule has 0 aliphatic carbocycles. The molecule has 106 valence electrons. The lowest BCUT2D eigenvalue weighted by Crippen LogP contribution is -2.22. The first-order chi connectivity index (χ1) is 9.57. The fourth-order valence-electron chi connectivity index (χ4n) is 2.58. The number of hydrogen-bond donors (Lipinski definition) is 1. The van der Waals surface area contributed by atoms with Gasteiger partial charge in [-0.05, 0) is 25.5 Å². The summed E-state index contributed by atoms with van der Waals surface area (Å²) in [4.78, 5) is 23.6. The molecule has 2 aromatic rings. The van der Waals surface area contributed by atoms with Crippen molar-refractivity contribution in [3.63, 3.8) is 0 Å². The van der Waals surface area contributed by atoms with Crippen molar-refractivity contribution >= 4 is 16.9 Å². The quantitative estimate of drug-likeness (QED) is 0.851. The van der Waals surface area contributed by atoms with E-state index in [1.807, 2.05) is 16.7 Å². The molecule has 0 saturated carbocycles. The van der Waals surface area contributed by atoms with Crippen LogP contribution in [-0.4, -0.2) is 15.6 Å². The summed E-state index contributed by atoms with van der Waals surface area (Å²) in [7, 11) is 0. The smallest absolute Gasteiger partial charge is 0.341 e. The van der Waals surface area contributed by atoms with Crippen LogP contribution in [0.15, 0.2) is 29.1 Å². The lowest BCUT2D eigenvalue weighted by Gasteiger charge is -2.16. The molecule has 0 amide bonds. The van der Waals surface area contributed by atoms with Crippen LogP contribution in [0.3, 0.4) is 0 Å². The number of benzene rings is 1. The van der Waals surface area contributed by atoms with Crippen LogP contribution in [0.25, 0.3) is 10.9 Å². The minimum absolute atomic E-state index is 0.111. The van der Waals surface area contributed by atoms with Gasteiger partial charge in [-0.3, -0.25) is 4.79 Å². The number of pyridine rings is 1. The molecule has 0 radical (unpaired) electrons. The predicted molar refractivity (Wildman–Crippen MR) is 79.4 cm³/mol. The molecule has 0 spiro atoms. The summed E-state index contributed by atoms with van der Waals surface area (Å²) in [5.41, 5.74) is 0.853. The van der Waals surface area contributed by atoms with Gasteiger partial charge in [0.1, 0.15) is 5.56 Å². The van der Waals surface area contributed by atoms with Crippen LogP contribution in [0, 0.1) is 6.92 Å². The Kier molecular flexibility index (Phi) is 4.23. The maximum absolute atomic E-state index is 12.3. The predicted octanol–water partition coefficient (Wildman–Crippen LogP) is 3.20. The molecule has 4 heteroatoms. The molecule has 0 atom stereocenters. The summed E-state index contributed by atoms with van der Waals surface area (Å²) in [5.74, 6) is -1.15. The summed E-state index contributed by atoms with van der Waals surface area (Å²) >= 11 is 0. The second-order valence-corrected chi connectivity index (χ2v) is 4.97. The first-order valence-corrected chi connectivity index (χ1v) is 6.93. The zero-order valence-corrected chi connectivity index (χ0v) is 11.8. The van der Waals surface area contributed by atoms with Crippen molar-refractivity contribution < 1.29 is 9.90 Å². The summed E-state index contributed by atoms with van der Waals surface area (Å²) in [6.45, 7) is 4.57. The molecular formula is C16H19NO3. The Labute approximate surface area is 117 Å². The average molecular weight is 273 g/mol. The van der Waals surface area contributed by atoms with E-state index >= 15 is 0 Å². The number of carbonyl (C=O) groups is 1. The molecule has 0 unspecified atom stereocenters. The van der Waals surface area contributed by atoms with Gasteiger partial charge in [0.05, 0.1) is 5.52 Å². The Morgan fingerprint density at radius 2 is 1.95 bits per heavy atom. The monoisotopic (exact) mass is 273 g/mol. The van der Waals surface area contributed by atoms with Crippen LogP contribution in [-0.2, 0) is 6.54 Å². The zero-order chi connectivity index (χ0) is 14.7. The summed E-state index contributed by atoms with van der Waals surface area (Å²) < 4.78 is 1.95. The van der Waals surface area contributed by atoms with Crippen molar-refractivity contribution in [3.8, 4) is 0 Å². The van der Waals surface area contributed by atoms with E-state index in [1.165, 1.54) is 0 Å². The fraction of sp³-hybridized carbons (Fsp3) is 0.375. The fourth-order valence-corrected chi connectivity index (χ4v) is 2.58. The number of unbranched alkanes of at least 4 members (excludes halogenated alkanes) is 2. The number of carboxylic acid groups (broad SMARTS) is 1. The number of fused-ring (bicyclic) bond motifs is 1. The van der Waals surface area contributed by atoms with E-state index in [1.54, 1.807) is 19.1 Å². The van der Waals surface area contributed by atoms with Gasteiger partial charge in [0.2, 0.25) is 5.43 Å². The highest BCUT2D eigenvalue weighted by Gasteiger charge is 2.18. The molecule has 20 heavy (non-hydrogen) atoms. The Bertz CT molecular complexity index is 701. The van der Waals surface area contributed by atoms with E-state index in [9.17, 15) is 14.7 Å². The maximum atomic E-state index is 12.3. The van der Waals surface area contributed by atoms with Crippen molar-refractivity contribution in [1.82, 2.24) is 4.57 Å². The van der Waals surface area contributed by atoms with E-state index in [-0.39, 0.29) is 5.56 Å². The van der Waals surface area contributed by atoms with Crippen LogP contribution in [0.5, 0.6) is 0 Å². The van der Waals surface area contributed by atoms with E-state index in [0.29, 0.717) is 11.1 Å². The van der Waals surface area contributed by atoms with Crippen molar-refractivity contribution in [3.05, 3.63) is 45.7 Å². The second kappa shape index (κ2) is 5.90. The van der Waals surface area contributed by atoms with Gasteiger partial charge in [0.25, 0.3) is 0 Å². The number of para-hydroxylation sites is 1. The first kappa shape index (κ1) is 14.3. The minimum atomic E-state index is -1.15. The number of nitrogens with zero attached hydrogens (tertiary/aromatic N) is 1. The van der Waals surface area contributed by atoms with Gasteiger partial charge >= 0.3 is 5.97 Å². The van der Waals surface area contributed by atoms with Gasteiger partial charge < -0.3 is 9.67 Å². The van der Waals surface area contributed by atoms with Crippen molar-refractivity contribution in [2.75, 3.05) is 0 Å². The third kappa shape index (κ3) is 2.46. The Morgan fingerprint density at radius 1 is 1.25 bits per heavy atom. The highest BCUT2D eigenvalue weighted by molar-refractivity contribution is 5.94. The standard InChI is InChI=1S/C16H19NO3/c1-3-4-7-10-17-11(2)14(16(19)20)15(18)12-8-5-6-9-13(12)17/h5-6,8-9H,3-4,7,10H2,1-2H3,(H,19,20). The second-order valence-electron chi connectivity index (χ2n) is 4.97. The Balaban J connectivity index is 2.70. The van der Waals surface area contributed by atoms with Crippen LogP contribution in [0.2, 0.25) is 0 Å². The van der Waals surface area contributed by atoms with Gasteiger partial charge in [-0.15, -0.1) is 0 Å². The van der Waals surface area contributed by atoms with Gasteiger partial charge in [0, 0.05) is 17.6 Å². The number of carboxylic acids is 1. The molecule has 1 aromatic carbocycles. The topological polar surface area (TPSA) is 59.3 Å². The van der Waals surface area contributed by atoms with Gasteiger partial charge in [0.15, 0.2) is 0 Å². The number of aryl methyl sites for hydroxylation is 1. The molecule has 2 rings (SSSR count). The van der Waals surface area contributed by atoms with Crippen LogP contribution < -0.4 is 5.43 Å². The van der Waals surface area contributed by atoms with E-state index in [4.69, 9.17) is 0 Å². The number of hydrogen-bond acceptors (Lipinski definition) is 2. The van der Waals surface area contributed by atoms with Gasteiger partial charge in [-0.1, -0.05) is 31.9 Å². The number of aromatic carboxylic acids is 1. The van der Waals surface area contributed by atoms with E-state index in [2.05, 4.69) is 6.92 Å². The molecule has 0 bridgehead atoms. The Morgan fingerprint density at radius 3 is 2.60 bits per heavy atom. The largest absolute Gasteiger partial charge is 0.477 e. The lowest BCUT2D eigenvalue weighted by atomic mass is 10.1. The average Bonchev–Trinajstić information content (AvgIpc) is 2.42. The zero-order valence-electron chi connectivity index (χ0n) is 11.8. The van der Waals surface area contributed by atoms with Crippen molar-refractivity contribution in [2.45, 2.75) is 39.7 Å². The summed E-state index contributed by atoms with van der Waals surface area (Å²) in [6, 6.07) is 7.21. The number of aromatic nitrogens is 1. The summed E-state index contributed by atoms with van der Waals surface area (Å²) in [6.07, 6.45) is 3.16. The van der Waals surface area contributed by atoms with Crippen LogP contribution >= 0.6 is 0 Å². The van der Waals surface area contributed by atoms with Gasteiger partial charge in [-0.25, -0.2) is 4.79 Å². The highest BCUT2D eigenvalue weighted by Crippen LogP contribution is 2.17. The van der Waals surface area contributed by atoms with E-state index < -0.39 is 11.4 Å². The molecule has 1 aromatic heterocycles. The van der Waals surface area contributed by atoms with E-state index in [0.717, 1.165) is 31.3 Å². The van der Waals surface area contributed by atoms with Crippen molar-refractivity contribution in [1.29, 1.82) is 0 Å². The molecule has 0 fully saturated rings. The molecule has 4 nitrogen and oxygen atoms in total. The Hall–Kier alpha value is -2.10. The van der Waals surface area contributed by atoms with Gasteiger partial charge in [-0.2, -0.15) is 0 Å². The van der Waals surface area contributed by atoms with Crippen LogP contribution in [0.4, 0.5) is 0 Å². The first-order valence-electron chi connectivity index (χ1n) is 6.93. The SMILES string of the molecule is CCCCCn1c(C)c(C(=O)O)c(=O)c2ccccc21. The van der Waals surface area contributed by atoms with Crippen molar-refractivity contribution in [2.24, 2.45) is 0 Å². The molecule has 0 aliphatic heterocycles. The molecular weight excluding hydrogens is 254 g/mol. The third-order valence-electron chi connectivity index (χ3n) is 3.63. The summed E-state index contributed by atoms with van der Waals surface area (Å²) in [5, 5.41) is 9.77. The normalized spacial score (nSPS) is 10.9. The lowest BCUT2D eigenvalue weighted by molar-refractivity contribution is 0.0694. The van der Waals surface area contributed by atoms with Crippen LogP contribution in [0.1, 0.15) is 42.2 Å². The molecule has 1 N–H and O–H groups in total. The molecule has 1 heterocycles. The third-order valence-corrected chi connectivity index (χ3v) is 3.63.